The third-order valence-corrected chi connectivity index (χ3v) is 22.7. The number of benzene rings is 6. The van der Waals surface area contributed by atoms with Gasteiger partial charge in [0.15, 0.2) is 0 Å². The van der Waals surface area contributed by atoms with Crippen molar-refractivity contribution in [2.45, 2.75) is 259 Å². The lowest BCUT2D eigenvalue weighted by atomic mass is 9.85. The van der Waals surface area contributed by atoms with Crippen LogP contribution in [-0.4, -0.2) is 237 Å². The maximum absolute atomic E-state index is 15.6. The highest BCUT2D eigenvalue weighted by molar-refractivity contribution is 5.98. The summed E-state index contributed by atoms with van der Waals surface area (Å²) in [6, 6.07) is 28.0. The number of alkyl carbamates (subject to hydrolysis) is 1. The number of ether oxygens (including phenoxy) is 6. The molecule has 0 spiro atoms. The van der Waals surface area contributed by atoms with E-state index in [0.717, 1.165) is 31.3 Å². The Morgan fingerprint density at radius 2 is 0.881 bits per heavy atom. The first-order chi connectivity index (χ1) is 62.9. The Morgan fingerprint density at radius 1 is 0.493 bits per heavy atom. The zero-order valence-electron chi connectivity index (χ0n) is 79.6. The van der Waals surface area contributed by atoms with Crippen LogP contribution in [0.1, 0.15) is 176 Å². The van der Waals surface area contributed by atoms with Crippen LogP contribution in [0.5, 0.6) is 11.5 Å². The van der Waals surface area contributed by atoms with Crippen molar-refractivity contribution < 1.29 is 91.1 Å². The van der Waals surface area contributed by atoms with Gasteiger partial charge in [-0.3, -0.25) is 43.4 Å². The van der Waals surface area contributed by atoms with E-state index in [1.54, 1.807) is 171 Å². The Morgan fingerprint density at radius 3 is 1.28 bits per heavy atom. The monoisotopic (exact) mass is 1840 g/mol. The second-order valence-electron chi connectivity index (χ2n) is 39.1. The van der Waals surface area contributed by atoms with Gasteiger partial charge in [0.2, 0.25) is 41.4 Å². The molecular formula is C98H125N17O19. The molecule has 2 aromatic heterocycles. The number of carbonyl (C=O) groups is 12. The Bertz CT molecular complexity index is 5620. The van der Waals surface area contributed by atoms with E-state index in [2.05, 4.69) is 65.2 Å². The number of aromatic nitrogens is 6. The number of nitriles is 1. The van der Waals surface area contributed by atoms with Crippen molar-refractivity contribution in [2.75, 3.05) is 33.8 Å². The molecule has 10 rings (SSSR count). The molecule has 4 heterocycles. The average Bonchev–Trinajstić information content (AvgIpc) is 1.63. The van der Waals surface area contributed by atoms with Crippen LogP contribution in [0, 0.1) is 22.2 Å². The standard InChI is InChI=1S/C98H125N17O19/c1-21-42-129-91(126)103-77(90(125)132-96(10,11)12)46-61-34-40-74(41-35-61)131-57-70-52-114(108-107-70)71-49-78(112(54-71)87(121)80(94(4,5)6)104-82(116)58(2)110(19)92(127)133-97(13,14)15)85(119)101-75(47-62-30-36-64-26-22-24-28-66(64)43-62)84(118)100-68(51-99)45-60-32-38-73(39-33-60)130-56-69-53-115(109-106-69)72-50-79(86(120)102-76(89(123)124)48-63-31-37-65-27-23-25-29-67(65)44-63)113(55-72)88(122)81(95(7,8)9)105-83(117)59(3)111(20)93(128)134-98(16,17)18/h21-41,43-44,52-53,58-59,68,71-72,75-81H,1,42,45-50,54-57H2,2-20H3,(H,100,118)(H,101,119)(H,102,120)(H,103,126)(H,104,116)(H,105,117)(H,123,124)/t58?,59?,68?,71-,72-,75?,76?,77?,78-,79-,80?,81?/m0/s1. The highest BCUT2D eigenvalue weighted by Crippen LogP contribution is 2.35. The van der Waals surface area contributed by atoms with Gasteiger partial charge in [0.1, 0.15) is 120 Å². The van der Waals surface area contributed by atoms with Gasteiger partial charge in [-0.25, -0.2) is 33.3 Å². The molecule has 0 radical (unpaired) electrons. The summed E-state index contributed by atoms with van der Waals surface area (Å²) in [6.45, 7) is 31.6. The van der Waals surface area contributed by atoms with Crippen molar-refractivity contribution in [3.8, 4) is 17.6 Å². The highest BCUT2D eigenvalue weighted by atomic mass is 16.6. The molecule has 2 aliphatic heterocycles. The molecule has 0 bridgehead atoms. The van der Waals surface area contributed by atoms with Crippen LogP contribution < -0.4 is 41.4 Å². The quantitative estimate of drug-likeness (QED) is 0.0110. The van der Waals surface area contributed by atoms with E-state index in [0.29, 0.717) is 45.1 Å². The Labute approximate surface area is 780 Å². The van der Waals surface area contributed by atoms with Crippen LogP contribution in [0.3, 0.4) is 0 Å². The molecule has 2 fully saturated rings. The Hall–Kier alpha value is -14.0. The van der Waals surface area contributed by atoms with Crippen LogP contribution in [0.4, 0.5) is 14.4 Å². The minimum absolute atomic E-state index is 0.0223. The van der Waals surface area contributed by atoms with Crippen molar-refractivity contribution in [1.82, 2.24) is 81.5 Å². The van der Waals surface area contributed by atoms with E-state index in [1.807, 2.05) is 78.9 Å². The molecule has 716 valence electrons. The van der Waals surface area contributed by atoms with E-state index < -0.39 is 172 Å². The van der Waals surface area contributed by atoms with Crippen molar-refractivity contribution >= 4 is 93.1 Å². The number of rotatable bonds is 35. The van der Waals surface area contributed by atoms with Crippen molar-refractivity contribution in [3.05, 3.63) is 192 Å². The number of esters is 1. The second-order valence-corrected chi connectivity index (χ2v) is 39.1. The molecule has 8 unspecified atom stereocenters. The fraction of sp³-hybridized carbons (Fsp3) is 0.480. The first kappa shape index (κ1) is 102. The van der Waals surface area contributed by atoms with Gasteiger partial charge >= 0.3 is 30.2 Å². The fourth-order valence-corrected chi connectivity index (χ4v) is 15.3. The van der Waals surface area contributed by atoms with Gasteiger partial charge in [-0.05, 0) is 155 Å². The predicted octanol–water partition coefficient (Wildman–Crippen LogP) is 10.1. The van der Waals surface area contributed by atoms with Crippen LogP contribution in [0.15, 0.2) is 159 Å². The maximum Gasteiger partial charge on any atom is 0.410 e. The minimum Gasteiger partial charge on any atom is -0.487 e. The largest absolute Gasteiger partial charge is 0.487 e. The normalized spacial score (nSPS) is 17.0. The summed E-state index contributed by atoms with van der Waals surface area (Å²) in [5.41, 5.74) is -1.40. The average molecular weight is 1850 g/mol. The van der Waals surface area contributed by atoms with Gasteiger partial charge in [-0.1, -0.05) is 174 Å². The van der Waals surface area contributed by atoms with E-state index >= 15 is 19.2 Å². The molecule has 0 saturated carbocycles. The summed E-state index contributed by atoms with van der Waals surface area (Å²) in [4.78, 5) is 175. The molecule has 36 heteroatoms. The van der Waals surface area contributed by atoms with Gasteiger partial charge < -0.3 is 75.2 Å². The van der Waals surface area contributed by atoms with Gasteiger partial charge in [0, 0.05) is 65.7 Å². The van der Waals surface area contributed by atoms with Gasteiger partial charge in [0.05, 0.1) is 30.5 Å². The predicted molar refractivity (Wildman–Crippen MR) is 496 cm³/mol. The highest BCUT2D eigenvalue weighted by Gasteiger charge is 2.50. The number of carboxylic acid groups (broad SMARTS) is 1. The Kier molecular flexibility index (Phi) is 33.2. The molecule has 134 heavy (non-hydrogen) atoms. The number of likely N-dealkylation sites (N-methyl/N-ethyl adjacent to an activating group) is 2. The first-order valence-electron chi connectivity index (χ1n) is 44.6. The molecule has 0 aliphatic carbocycles. The maximum atomic E-state index is 15.6. The summed E-state index contributed by atoms with van der Waals surface area (Å²) in [5.74, 6) is -6.13. The summed E-state index contributed by atoms with van der Waals surface area (Å²) in [7, 11) is 2.80. The number of amides is 10. The van der Waals surface area contributed by atoms with Crippen molar-refractivity contribution in [3.63, 3.8) is 0 Å². The molecular weight excluding hydrogens is 1720 g/mol. The van der Waals surface area contributed by atoms with Gasteiger partial charge in [-0.15, -0.1) is 10.2 Å². The molecule has 10 amide bonds. The number of nitrogens with zero attached hydrogens (tertiary/aromatic N) is 11. The summed E-state index contributed by atoms with van der Waals surface area (Å²) in [5, 5.41) is 59.4. The van der Waals surface area contributed by atoms with E-state index in [4.69, 9.17) is 28.4 Å². The topological polar surface area (TPSA) is 451 Å². The SMILES string of the molecule is C=CCOC(=O)NC(Cc1ccc(OCc2cn([C@H]3C[C@@H](C(=O)NC(Cc4ccc5ccccc5c4)C(=O)NC(C#N)Cc4ccc(OCc5cn([C@H]6C[C@@H](C(=O)NC(Cc7ccc8ccccc8c7)C(=O)O)N(C(=O)C(NC(=O)C(C)N(C)C(=O)OC(C)(C)C)C(C)(C)C)C6)nn5)cc4)N(C(=O)C(NC(=O)C(C)N(C)C(=O)OC(C)(C)C)C(C)(C)C)C3)nn2)cc1)C(=O)OC(C)(C)C. The van der Waals surface area contributed by atoms with Crippen LogP contribution in [0.25, 0.3) is 21.5 Å². The summed E-state index contributed by atoms with van der Waals surface area (Å²) >= 11 is 0. The number of aliphatic carboxylic acids is 1. The summed E-state index contributed by atoms with van der Waals surface area (Å²) < 4.78 is 37.1. The first-order valence-corrected chi connectivity index (χ1v) is 44.6. The van der Waals surface area contributed by atoms with Gasteiger partial charge in [-0.2, -0.15) is 5.26 Å². The van der Waals surface area contributed by atoms with Crippen molar-refractivity contribution in [2.24, 2.45) is 10.8 Å². The second kappa shape index (κ2) is 43.6. The lowest BCUT2D eigenvalue weighted by Crippen LogP contribution is -2.61. The Balaban J connectivity index is 0.850. The number of fused-ring (bicyclic) bond motifs is 2. The van der Waals surface area contributed by atoms with Crippen molar-refractivity contribution in [1.29, 1.82) is 5.26 Å². The zero-order valence-corrected chi connectivity index (χ0v) is 79.6. The fourth-order valence-electron chi connectivity index (χ4n) is 15.3. The number of carbonyl (C=O) groups excluding carboxylic acids is 11. The van der Waals surface area contributed by atoms with E-state index in [1.165, 1.54) is 53.2 Å². The van der Waals surface area contributed by atoms with E-state index in [-0.39, 0.29) is 71.4 Å². The molecule has 7 N–H and O–H groups in total. The number of hydrogen-bond donors (Lipinski definition) is 7. The summed E-state index contributed by atoms with van der Waals surface area (Å²) in [6.07, 6.45) is 1.95. The molecule has 36 nitrogen and oxygen atoms in total. The van der Waals surface area contributed by atoms with E-state index in [9.17, 15) is 48.7 Å². The zero-order chi connectivity index (χ0) is 98.2. The van der Waals surface area contributed by atoms with Crippen LogP contribution in [0.2, 0.25) is 0 Å². The molecule has 2 aliphatic rings. The van der Waals surface area contributed by atoms with Crippen LogP contribution >= 0.6 is 0 Å². The molecule has 12 atom stereocenters. The number of carboxylic acids is 1. The minimum atomic E-state index is -1.42. The lowest BCUT2D eigenvalue weighted by Gasteiger charge is -2.37. The molecule has 2 saturated heterocycles. The van der Waals surface area contributed by atoms with Gasteiger partial charge in [0.25, 0.3) is 0 Å². The third kappa shape index (κ3) is 28.3. The van der Waals surface area contributed by atoms with Crippen LogP contribution in [-0.2, 0) is 101 Å². The lowest BCUT2D eigenvalue weighted by molar-refractivity contribution is -0.157. The number of hydrogen-bond acceptors (Lipinski definition) is 23. The number of likely N-dealkylation sites (tertiary alicyclic amines) is 2. The smallest absolute Gasteiger partial charge is 0.410 e. The molecule has 8 aromatic rings. The number of nitrogens with one attached hydrogen (secondary N) is 6. The molecule has 6 aromatic carbocycles. The third-order valence-electron chi connectivity index (χ3n) is 22.7.